The highest BCUT2D eigenvalue weighted by molar-refractivity contribution is 7.93. The molecule has 1 aromatic heterocycles. The second kappa shape index (κ2) is 5.73. The van der Waals surface area contributed by atoms with E-state index in [0.29, 0.717) is 0 Å². The quantitative estimate of drug-likeness (QED) is 0.737. The van der Waals surface area contributed by atoms with Crippen molar-refractivity contribution >= 4 is 26.7 Å². The molecule has 3 nitrogen and oxygen atoms in total. The molecule has 0 unspecified atom stereocenters. The molecular formula is C18H15NO2S. The molecule has 0 saturated carbocycles. The predicted octanol–water partition coefficient (Wildman–Crippen LogP) is 3.92. The van der Waals surface area contributed by atoms with Crippen LogP contribution >= 0.6 is 0 Å². The van der Waals surface area contributed by atoms with Gasteiger partial charge in [-0.3, -0.25) is 4.98 Å². The topological polar surface area (TPSA) is 47.0 Å². The highest BCUT2D eigenvalue weighted by Crippen LogP contribution is 2.29. The van der Waals surface area contributed by atoms with Crippen molar-refractivity contribution in [1.29, 1.82) is 0 Å². The molecule has 2 aromatic carbocycles. The Morgan fingerprint density at radius 2 is 1.64 bits per heavy atom. The number of rotatable bonds is 3. The second-order valence-corrected chi connectivity index (χ2v) is 7.04. The van der Waals surface area contributed by atoms with E-state index < -0.39 is 9.84 Å². The van der Waals surface area contributed by atoms with Crippen molar-refractivity contribution in [3.05, 3.63) is 71.8 Å². The van der Waals surface area contributed by atoms with E-state index in [9.17, 15) is 8.42 Å². The van der Waals surface area contributed by atoms with Gasteiger partial charge in [0.15, 0.2) is 9.84 Å². The molecule has 0 amide bonds. The summed E-state index contributed by atoms with van der Waals surface area (Å²) >= 11 is 0. The van der Waals surface area contributed by atoms with Crippen LogP contribution in [0, 0.1) is 0 Å². The van der Waals surface area contributed by atoms with Crippen molar-refractivity contribution in [1.82, 2.24) is 4.98 Å². The van der Waals surface area contributed by atoms with Crippen molar-refractivity contribution in [2.75, 3.05) is 6.26 Å². The van der Waals surface area contributed by atoms with Crippen LogP contribution in [0.25, 0.3) is 28.1 Å². The lowest BCUT2D eigenvalue weighted by atomic mass is 10.00. The maximum absolute atomic E-state index is 11.5. The SMILES string of the molecule is CS(=O)(=O)/C=C/c1c(-c2ccccc2)ncc2ccccc12. The standard InChI is InChI=1S/C18H15NO2S/c1-22(20,21)12-11-17-16-10-6-5-9-15(16)13-19-18(17)14-7-3-2-4-8-14/h2-13H,1H3/b12-11+. The lowest BCUT2D eigenvalue weighted by molar-refractivity contribution is 0.610. The zero-order chi connectivity index (χ0) is 15.6. The fraction of sp³-hybridized carbons (Fsp3) is 0.0556. The zero-order valence-corrected chi connectivity index (χ0v) is 12.9. The van der Waals surface area contributed by atoms with E-state index in [0.717, 1.165) is 27.6 Å². The maximum atomic E-state index is 11.5. The Labute approximate surface area is 129 Å². The Bertz CT molecular complexity index is 945. The summed E-state index contributed by atoms with van der Waals surface area (Å²) in [4.78, 5) is 4.53. The third kappa shape index (κ3) is 3.07. The highest BCUT2D eigenvalue weighted by Gasteiger charge is 2.09. The van der Waals surface area contributed by atoms with Crippen molar-refractivity contribution in [3.8, 4) is 11.3 Å². The lowest BCUT2D eigenvalue weighted by Gasteiger charge is -2.09. The third-order valence-corrected chi connectivity index (χ3v) is 4.00. The minimum absolute atomic E-state index is 0.777. The molecule has 1 heterocycles. The van der Waals surface area contributed by atoms with Crippen LogP contribution < -0.4 is 0 Å². The van der Waals surface area contributed by atoms with Crippen molar-refractivity contribution in [2.45, 2.75) is 0 Å². The van der Waals surface area contributed by atoms with Crippen LogP contribution in [0.3, 0.4) is 0 Å². The normalized spacial score (nSPS) is 12.0. The first kappa shape index (κ1) is 14.5. The molecule has 3 aromatic rings. The van der Waals surface area contributed by atoms with E-state index in [1.165, 1.54) is 11.7 Å². The molecule has 0 atom stereocenters. The molecule has 0 radical (unpaired) electrons. The Morgan fingerprint density at radius 3 is 2.36 bits per heavy atom. The van der Waals surface area contributed by atoms with Crippen LogP contribution in [-0.2, 0) is 9.84 Å². The number of pyridine rings is 1. The second-order valence-electron chi connectivity index (χ2n) is 5.11. The van der Waals surface area contributed by atoms with Gasteiger partial charge in [-0.1, -0.05) is 54.6 Å². The fourth-order valence-electron chi connectivity index (χ4n) is 2.37. The number of aromatic nitrogens is 1. The fourth-order valence-corrected chi connectivity index (χ4v) is 2.76. The Kier molecular flexibility index (Phi) is 3.77. The average molecular weight is 309 g/mol. The van der Waals surface area contributed by atoms with Crippen LogP contribution in [-0.4, -0.2) is 19.7 Å². The zero-order valence-electron chi connectivity index (χ0n) is 12.1. The summed E-state index contributed by atoms with van der Waals surface area (Å²) in [5.41, 5.74) is 2.55. The molecule has 0 bridgehead atoms. The van der Waals surface area contributed by atoms with E-state index in [2.05, 4.69) is 4.98 Å². The predicted molar refractivity (Wildman–Crippen MR) is 91.1 cm³/mol. The number of hydrogen-bond acceptors (Lipinski definition) is 3. The van der Waals surface area contributed by atoms with Crippen LogP contribution in [0.15, 0.2) is 66.2 Å². The first-order chi connectivity index (χ1) is 10.5. The van der Waals surface area contributed by atoms with Gasteiger partial charge < -0.3 is 0 Å². The van der Waals surface area contributed by atoms with Crippen LogP contribution in [0.2, 0.25) is 0 Å². The summed E-state index contributed by atoms with van der Waals surface area (Å²) in [7, 11) is -3.20. The number of nitrogens with zero attached hydrogens (tertiary/aromatic N) is 1. The van der Waals surface area contributed by atoms with Gasteiger partial charge in [0.05, 0.1) is 5.69 Å². The molecule has 0 aliphatic rings. The summed E-state index contributed by atoms with van der Waals surface area (Å²) in [5.74, 6) is 0. The lowest BCUT2D eigenvalue weighted by Crippen LogP contribution is -1.92. The van der Waals surface area contributed by atoms with E-state index >= 15 is 0 Å². The maximum Gasteiger partial charge on any atom is 0.168 e. The number of benzene rings is 2. The van der Waals surface area contributed by atoms with Gasteiger partial charge in [-0.05, 0) is 11.5 Å². The number of sulfone groups is 1. The molecule has 0 saturated heterocycles. The van der Waals surface area contributed by atoms with Gasteiger partial charge in [0.25, 0.3) is 0 Å². The van der Waals surface area contributed by atoms with Gasteiger partial charge in [0.2, 0.25) is 0 Å². The highest BCUT2D eigenvalue weighted by atomic mass is 32.2. The van der Waals surface area contributed by atoms with Gasteiger partial charge in [0, 0.05) is 34.4 Å². The summed E-state index contributed by atoms with van der Waals surface area (Å²) < 4.78 is 23.0. The summed E-state index contributed by atoms with van der Waals surface area (Å²) in [5, 5.41) is 3.19. The molecule has 22 heavy (non-hydrogen) atoms. The molecule has 110 valence electrons. The van der Waals surface area contributed by atoms with Crippen LogP contribution in [0.4, 0.5) is 0 Å². The smallest absolute Gasteiger partial charge is 0.168 e. The summed E-state index contributed by atoms with van der Waals surface area (Å²) in [6.45, 7) is 0. The van der Waals surface area contributed by atoms with Crippen LogP contribution in [0.1, 0.15) is 5.56 Å². The van der Waals surface area contributed by atoms with Crippen molar-refractivity contribution < 1.29 is 8.42 Å². The number of hydrogen-bond donors (Lipinski definition) is 0. The minimum Gasteiger partial charge on any atom is -0.255 e. The van der Waals surface area contributed by atoms with Crippen molar-refractivity contribution in [2.24, 2.45) is 0 Å². The third-order valence-electron chi connectivity index (χ3n) is 3.37. The molecule has 0 aliphatic heterocycles. The molecular weight excluding hydrogens is 294 g/mol. The monoisotopic (exact) mass is 309 g/mol. The van der Waals surface area contributed by atoms with E-state index in [1.54, 1.807) is 6.08 Å². The van der Waals surface area contributed by atoms with Gasteiger partial charge >= 0.3 is 0 Å². The Morgan fingerprint density at radius 1 is 0.955 bits per heavy atom. The van der Waals surface area contributed by atoms with Gasteiger partial charge in [-0.15, -0.1) is 0 Å². The van der Waals surface area contributed by atoms with E-state index in [4.69, 9.17) is 0 Å². The Balaban J connectivity index is 2.31. The molecule has 4 heteroatoms. The summed E-state index contributed by atoms with van der Waals surface area (Å²) in [6.07, 6.45) is 4.63. The number of fused-ring (bicyclic) bond motifs is 1. The first-order valence-electron chi connectivity index (χ1n) is 6.86. The molecule has 0 fully saturated rings. The van der Waals surface area contributed by atoms with E-state index in [1.807, 2.05) is 60.8 Å². The largest absolute Gasteiger partial charge is 0.255 e. The average Bonchev–Trinajstić information content (AvgIpc) is 2.52. The molecule has 3 rings (SSSR count). The van der Waals surface area contributed by atoms with Crippen molar-refractivity contribution in [3.63, 3.8) is 0 Å². The van der Waals surface area contributed by atoms with Crippen LogP contribution in [0.5, 0.6) is 0 Å². The van der Waals surface area contributed by atoms with Gasteiger partial charge in [-0.25, -0.2) is 8.42 Å². The molecule has 0 N–H and O–H groups in total. The van der Waals surface area contributed by atoms with E-state index in [-0.39, 0.29) is 0 Å². The molecule has 0 spiro atoms. The Hall–Kier alpha value is -2.46. The summed E-state index contributed by atoms with van der Waals surface area (Å²) in [6, 6.07) is 17.6. The molecule has 0 aliphatic carbocycles. The minimum atomic E-state index is -3.20. The van der Waals surface area contributed by atoms with Gasteiger partial charge in [-0.2, -0.15) is 0 Å². The van der Waals surface area contributed by atoms with Gasteiger partial charge in [0.1, 0.15) is 0 Å². The first-order valence-corrected chi connectivity index (χ1v) is 8.81.